The number of ether oxygens (including phenoxy) is 2. The Morgan fingerprint density at radius 1 is 1.09 bits per heavy atom. The van der Waals surface area contributed by atoms with E-state index in [0.29, 0.717) is 12.8 Å². The highest BCUT2D eigenvalue weighted by atomic mass is 19.1. The Bertz CT molecular complexity index is 1090. The zero-order valence-corrected chi connectivity index (χ0v) is 20.1. The number of carbonyl (C=O) groups excluding carboxylic acids is 2. The van der Waals surface area contributed by atoms with Crippen molar-refractivity contribution in [1.29, 1.82) is 0 Å². The third kappa shape index (κ3) is 10.6. The fourth-order valence-corrected chi connectivity index (χ4v) is 2.74. The molecule has 0 aliphatic carbocycles. The molecule has 1 aromatic heterocycles. The predicted octanol–water partition coefficient (Wildman–Crippen LogP) is 4.74. The molecule has 0 saturated carbocycles. The van der Waals surface area contributed by atoms with Crippen LogP contribution in [0.5, 0.6) is 11.5 Å². The summed E-state index contributed by atoms with van der Waals surface area (Å²) in [4.78, 5) is 25.3. The Balaban J connectivity index is 0.000000282. The maximum absolute atomic E-state index is 12.9. The number of carbonyl (C=O) groups is 2. The summed E-state index contributed by atoms with van der Waals surface area (Å²) in [6, 6.07) is 14.0. The van der Waals surface area contributed by atoms with Crippen LogP contribution >= 0.6 is 0 Å². The molecular weight excluding hydrogens is 458 g/mol. The molecule has 35 heavy (non-hydrogen) atoms. The third-order valence-electron chi connectivity index (χ3n) is 4.51. The minimum Gasteiger partial charge on any atom is -0.503 e. The lowest BCUT2D eigenvalue weighted by Crippen LogP contribution is -2.17. The average molecular weight is 489 g/mol. The number of pyridine rings is 1. The maximum atomic E-state index is 12.9. The van der Waals surface area contributed by atoms with Crippen molar-refractivity contribution in [2.24, 2.45) is 5.73 Å². The summed E-state index contributed by atoms with van der Waals surface area (Å²) in [5, 5.41) is 9.27. The molecule has 0 fully saturated rings. The summed E-state index contributed by atoms with van der Waals surface area (Å²) in [5.74, 6) is -1.55. The number of aromatic hydroxyl groups is 1. The van der Waals surface area contributed by atoms with E-state index in [4.69, 9.17) is 15.2 Å². The topological polar surface area (TPSA) is 112 Å². The first-order valence-electron chi connectivity index (χ1n) is 10.8. The van der Waals surface area contributed by atoms with Crippen molar-refractivity contribution in [3.63, 3.8) is 0 Å². The Kier molecular flexibility index (Phi) is 12.4. The summed E-state index contributed by atoms with van der Waals surface area (Å²) < 4.78 is 34.7. The van der Waals surface area contributed by atoms with E-state index in [1.807, 2.05) is 13.8 Å². The number of aromatic nitrogens is 1. The lowest BCUT2D eigenvalue weighted by Gasteiger charge is -2.14. The van der Waals surface area contributed by atoms with E-state index in [0.717, 1.165) is 11.1 Å². The van der Waals surface area contributed by atoms with Crippen LogP contribution in [0.25, 0.3) is 0 Å². The number of halogens is 2. The number of rotatable bonds is 6. The van der Waals surface area contributed by atoms with Crippen molar-refractivity contribution >= 4 is 11.9 Å². The summed E-state index contributed by atoms with van der Waals surface area (Å²) >= 11 is 0. The quantitative estimate of drug-likeness (QED) is 0.485. The fourth-order valence-electron chi connectivity index (χ4n) is 2.74. The number of benzene rings is 2. The maximum Gasteiger partial charge on any atom is 0.305 e. The van der Waals surface area contributed by atoms with E-state index >= 15 is 0 Å². The van der Waals surface area contributed by atoms with Crippen LogP contribution in [0.1, 0.15) is 41.9 Å². The Morgan fingerprint density at radius 3 is 2.23 bits per heavy atom. The number of amides is 1. The molecule has 0 bridgehead atoms. The van der Waals surface area contributed by atoms with Gasteiger partial charge in [0.1, 0.15) is 17.7 Å². The van der Waals surface area contributed by atoms with Gasteiger partial charge >= 0.3 is 5.97 Å². The van der Waals surface area contributed by atoms with Gasteiger partial charge in [-0.3, -0.25) is 9.59 Å². The van der Waals surface area contributed by atoms with Crippen molar-refractivity contribution < 1.29 is 33.0 Å². The van der Waals surface area contributed by atoms with Crippen LogP contribution in [0.3, 0.4) is 0 Å². The molecule has 3 aromatic rings. The molecular formula is C26H30F2N2O5. The van der Waals surface area contributed by atoms with E-state index in [1.54, 1.807) is 31.2 Å². The Labute approximate surface area is 203 Å². The number of aryl methyl sites for hydroxylation is 1. The van der Waals surface area contributed by atoms with E-state index in [9.17, 15) is 23.5 Å². The lowest BCUT2D eigenvalue weighted by molar-refractivity contribution is -0.147. The van der Waals surface area contributed by atoms with Gasteiger partial charge in [-0.25, -0.2) is 13.8 Å². The zero-order valence-electron chi connectivity index (χ0n) is 20.1. The molecule has 0 radical (unpaired) electrons. The molecule has 0 aliphatic rings. The van der Waals surface area contributed by atoms with Gasteiger partial charge in [0.2, 0.25) is 0 Å². The molecule has 1 unspecified atom stereocenters. The van der Waals surface area contributed by atoms with E-state index < -0.39 is 5.91 Å². The van der Waals surface area contributed by atoms with Crippen molar-refractivity contribution in [1.82, 2.24) is 4.98 Å². The van der Waals surface area contributed by atoms with Crippen LogP contribution in [0, 0.1) is 18.6 Å². The van der Waals surface area contributed by atoms with Gasteiger partial charge < -0.3 is 20.3 Å². The molecule has 188 valence electrons. The number of nitrogens with two attached hydrogens (primary N) is 1. The molecule has 9 heteroatoms. The predicted molar refractivity (Wildman–Crippen MR) is 128 cm³/mol. The number of nitrogens with zero attached hydrogens (tertiary/aromatic N) is 1. The minimum absolute atomic E-state index is 0.170. The zero-order chi connectivity index (χ0) is 26.4. The lowest BCUT2D eigenvalue weighted by atomic mass is 10.0. The average Bonchev–Trinajstić information content (AvgIpc) is 2.82. The second kappa shape index (κ2) is 15.0. The molecule has 7 nitrogen and oxygen atoms in total. The molecule has 3 N–H and O–H groups in total. The van der Waals surface area contributed by atoms with Crippen LogP contribution in [0.2, 0.25) is 0 Å². The number of methoxy groups -OCH3 is 1. The van der Waals surface area contributed by atoms with Gasteiger partial charge in [-0.2, -0.15) is 0 Å². The highest BCUT2D eigenvalue weighted by Gasteiger charge is 2.13. The smallest absolute Gasteiger partial charge is 0.305 e. The summed E-state index contributed by atoms with van der Waals surface area (Å²) in [5.41, 5.74) is 6.64. The highest BCUT2D eigenvalue weighted by molar-refractivity contribution is 5.94. The summed E-state index contributed by atoms with van der Waals surface area (Å²) in [7, 11) is 1.37. The van der Waals surface area contributed by atoms with Gasteiger partial charge in [-0.15, -0.1) is 0 Å². The minimum atomic E-state index is -0.786. The van der Waals surface area contributed by atoms with Crippen molar-refractivity contribution in [3.8, 4) is 11.5 Å². The number of primary amides is 1. The first-order valence-corrected chi connectivity index (χ1v) is 10.8. The van der Waals surface area contributed by atoms with Crippen LogP contribution < -0.4 is 10.5 Å². The normalized spacial score (nSPS) is 10.6. The van der Waals surface area contributed by atoms with Crippen LogP contribution in [0.15, 0.2) is 60.8 Å². The molecule has 0 aliphatic heterocycles. The van der Waals surface area contributed by atoms with Gasteiger partial charge in [-0.05, 0) is 49.2 Å². The monoisotopic (exact) mass is 488 g/mol. The molecule has 1 atom stereocenters. The SMILES string of the molecule is CCC(=O)OC(C)Cc1ccc(F)cc1C.COc1ccnc(C(N)=O)c1O.Fc1ccccc1. The Morgan fingerprint density at radius 2 is 1.74 bits per heavy atom. The molecule has 3 rings (SSSR count). The van der Waals surface area contributed by atoms with E-state index in [1.165, 1.54) is 43.6 Å². The van der Waals surface area contributed by atoms with Gasteiger partial charge in [0.25, 0.3) is 5.91 Å². The van der Waals surface area contributed by atoms with Gasteiger partial charge in [0.05, 0.1) is 7.11 Å². The standard InChI is InChI=1S/C13H17FO2.C7H8N2O3.C6H5F/c1-4-13(15)16-10(3)8-11-5-6-12(14)7-9(11)2;1-12-4-2-3-9-5(6(4)10)7(8)11;7-6-4-2-1-3-5-6/h5-7,10H,4,8H2,1-3H3;2-3,10H,1H3,(H2,8,11);1-5H. The summed E-state index contributed by atoms with van der Waals surface area (Å²) in [6.07, 6.45) is 2.17. The molecule has 2 aromatic carbocycles. The fraction of sp³-hybridized carbons (Fsp3) is 0.269. The molecule has 1 heterocycles. The number of hydrogen-bond acceptors (Lipinski definition) is 6. The second-order valence-corrected chi connectivity index (χ2v) is 7.30. The number of hydrogen-bond donors (Lipinski definition) is 2. The highest BCUT2D eigenvalue weighted by Crippen LogP contribution is 2.26. The first kappa shape index (κ1) is 29.0. The van der Waals surface area contributed by atoms with Crippen molar-refractivity contribution in [3.05, 3.63) is 89.2 Å². The summed E-state index contributed by atoms with van der Waals surface area (Å²) in [6.45, 7) is 5.46. The number of esters is 1. The van der Waals surface area contributed by atoms with E-state index in [-0.39, 0.29) is 40.9 Å². The molecule has 0 spiro atoms. The van der Waals surface area contributed by atoms with Gasteiger partial charge in [-0.1, -0.05) is 31.2 Å². The third-order valence-corrected chi connectivity index (χ3v) is 4.51. The van der Waals surface area contributed by atoms with Crippen molar-refractivity contribution in [2.75, 3.05) is 7.11 Å². The van der Waals surface area contributed by atoms with Crippen LogP contribution in [-0.2, 0) is 16.0 Å². The van der Waals surface area contributed by atoms with Crippen LogP contribution in [-0.4, -0.2) is 35.2 Å². The van der Waals surface area contributed by atoms with Crippen LogP contribution in [0.4, 0.5) is 8.78 Å². The van der Waals surface area contributed by atoms with Gasteiger partial charge in [0, 0.05) is 25.1 Å². The first-order chi connectivity index (χ1) is 16.6. The molecule has 0 saturated heterocycles. The van der Waals surface area contributed by atoms with Gasteiger partial charge in [0.15, 0.2) is 17.2 Å². The van der Waals surface area contributed by atoms with E-state index in [2.05, 4.69) is 4.98 Å². The largest absolute Gasteiger partial charge is 0.503 e. The molecule has 1 amide bonds. The Hall–Kier alpha value is -4.01. The second-order valence-electron chi connectivity index (χ2n) is 7.30. The van der Waals surface area contributed by atoms with Crippen molar-refractivity contribution in [2.45, 2.75) is 39.7 Å².